The van der Waals surface area contributed by atoms with Crippen LogP contribution in [0.1, 0.15) is 51.9 Å². The zero-order valence-electron chi connectivity index (χ0n) is 51.0. The lowest BCUT2D eigenvalue weighted by molar-refractivity contribution is -0.116. The van der Waals surface area contributed by atoms with Crippen LogP contribution in [0.2, 0.25) is 0 Å². The fourth-order valence-electron chi connectivity index (χ4n) is 10.3. The van der Waals surface area contributed by atoms with Crippen molar-refractivity contribution >= 4 is 117 Å². The molecule has 30 heteroatoms. The van der Waals surface area contributed by atoms with E-state index in [4.69, 9.17) is 9.31 Å². The molecule has 486 valence electrons. The van der Waals surface area contributed by atoms with Crippen molar-refractivity contribution in [2.75, 3.05) is 47.4 Å². The topological polar surface area (TPSA) is 284 Å². The van der Waals surface area contributed by atoms with E-state index in [9.17, 15) is 44.0 Å². The predicted molar refractivity (Wildman–Crippen MR) is 352 cm³/mol. The highest BCUT2D eigenvalue weighted by Gasteiger charge is 2.52. The van der Waals surface area contributed by atoms with E-state index in [1.54, 1.807) is 48.5 Å². The van der Waals surface area contributed by atoms with Crippen LogP contribution in [0.15, 0.2) is 173 Å². The number of halogens is 5. The maximum Gasteiger partial charge on any atom is 0.494 e. The van der Waals surface area contributed by atoms with Gasteiger partial charge >= 0.3 is 7.12 Å². The molecule has 2 amide bonds. The smallest absolute Gasteiger partial charge is 0.399 e. The zero-order valence-corrected chi connectivity index (χ0v) is 54.2. The van der Waals surface area contributed by atoms with Crippen LogP contribution in [0.4, 0.5) is 52.2 Å². The molecule has 94 heavy (non-hydrogen) atoms. The number of fused-ring (bicyclic) bond motifs is 2. The van der Waals surface area contributed by atoms with Crippen molar-refractivity contribution in [2.45, 2.75) is 86.7 Å². The molecule has 13 rings (SSSR count). The standard InChI is InChI=1S/C29H25F2N7O3S.C19H14BrFN6O.C16H23BFNO4S/c30-20-2-1-3-22(13-20)34-28(39)15-23-14-27(37-36-23)35-29-25-9-6-19(12-26(25)32-17-33-29)18-4-7-24(8-5-18)42(40,41)38-11-10-21(31)16-38;20-11-4-5-15-16(6-11)22-10-23-19(15)25-17-8-14(26-27-17)9-18(28)24-13-3-1-2-12(21)7-13;1-15(2)16(3,4)23-17(22-15)12-5-7-14(8-6-12)24(20,21)19-10-9-13(18)11-19/h1-9,12-14,17,21H,10-11,15-16H2,(H,34,39)(H2,32,33,35,36,37);1-8,10H,9H2,(H,24,28)(H2,22,23,25,26,27);5-8,13H,9-11H2,1-4H3/t21-;;13-/m0.0/s1. The van der Waals surface area contributed by atoms with Crippen LogP contribution in [-0.2, 0) is 51.8 Å². The van der Waals surface area contributed by atoms with Gasteiger partial charge < -0.3 is 30.6 Å². The number of hydrogen-bond acceptors (Lipinski definition) is 16. The van der Waals surface area contributed by atoms with Crippen LogP contribution in [0.25, 0.3) is 32.9 Å². The fraction of sp³-hybridized carbons (Fsp3) is 0.250. The van der Waals surface area contributed by atoms with Gasteiger partial charge in [-0.1, -0.05) is 58.4 Å². The first kappa shape index (κ1) is 66.4. The van der Waals surface area contributed by atoms with Crippen molar-refractivity contribution < 1.29 is 53.3 Å². The summed E-state index contributed by atoms with van der Waals surface area (Å²) in [6.45, 7) is 8.08. The Labute approximate surface area is 547 Å². The average Bonchev–Trinajstić information content (AvgIpc) is 1.04. The summed E-state index contributed by atoms with van der Waals surface area (Å²) in [6, 6.07) is 39.0. The number of carbonyl (C=O) groups is 2. The molecule has 0 unspecified atom stereocenters. The number of sulfonamides is 2. The minimum absolute atomic E-state index is 0.00751. The molecular formula is C64H62BBrF4N14O8S2. The van der Waals surface area contributed by atoms with Crippen LogP contribution in [0.3, 0.4) is 0 Å². The second-order valence-electron chi connectivity index (χ2n) is 23.3. The molecule has 7 heterocycles. The van der Waals surface area contributed by atoms with E-state index >= 15 is 0 Å². The largest absolute Gasteiger partial charge is 0.494 e. The molecule has 4 aromatic heterocycles. The second kappa shape index (κ2) is 27.9. The first-order valence-corrected chi connectivity index (χ1v) is 33.2. The number of H-pyrrole nitrogens is 2. The third-order valence-corrected chi connectivity index (χ3v) is 20.2. The Balaban J connectivity index is 0.000000151. The second-order valence-corrected chi connectivity index (χ2v) is 28.1. The van der Waals surface area contributed by atoms with Crippen LogP contribution >= 0.6 is 15.9 Å². The van der Waals surface area contributed by atoms with Gasteiger partial charge in [0.2, 0.25) is 31.9 Å². The normalized spacial score (nSPS) is 17.1. The van der Waals surface area contributed by atoms with E-state index in [1.165, 1.54) is 81.9 Å². The highest BCUT2D eigenvalue weighted by molar-refractivity contribution is 9.10. The van der Waals surface area contributed by atoms with Gasteiger partial charge in [-0.2, -0.15) is 18.8 Å². The lowest BCUT2D eigenvalue weighted by Gasteiger charge is -2.32. The van der Waals surface area contributed by atoms with E-state index in [-0.39, 0.29) is 73.5 Å². The van der Waals surface area contributed by atoms with Crippen molar-refractivity contribution in [3.8, 4) is 11.1 Å². The highest BCUT2D eigenvalue weighted by atomic mass is 79.9. The van der Waals surface area contributed by atoms with Gasteiger partial charge in [0.05, 0.1) is 44.9 Å². The molecular weight excluding hydrogens is 1320 g/mol. The number of rotatable bonds is 16. The molecule has 3 saturated heterocycles. The number of aromatic amines is 2. The maximum atomic E-state index is 13.6. The molecule has 0 saturated carbocycles. The summed E-state index contributed by atoms with van der Waals surface area (Å²) < 4.78 is 119. The van der Waals surface area contributed by atoms with Crippen LogP contribution in [0, 0.1) is 11.6 Å². The minimum atomic E-state index is -3.74. The van der Waals surface area contributed by atoms with E-state index < -0.39 is 62.3 Å². The van der Waals surface area contributed by atoms with Crippen molar-refractivity contribution in [1.82, 2.24) is 48.9 Å². The Morgan fingerprint density at radius 1 is 0.585 bits per heavy atom. The number of alkyl halides is 2. The van der Waals surface area contributed by atoms with Gasteiger partial charge in [0.25, 0.3) is 0 Å². The maximum absolute atomic E-state index is 13.6. The first-order valence-electron chi connectivity index (χ1n) is 29.6. The number of hydrogen-bond donors (Lipinski definition) is 6. The molecule has 2 atom stereocenters. The summed E-state index contributed by atoms with van der Waals surface area (Å²) in [5, 5.41) is 27.1. The number of amides is 2. The minimum Gasteiger partial charge on any atom is -0.399 e. The summed E-state index contributed by atoms with van der Waals surface area (Å²) in [7, 11) is -7.92. The zero-order chi connectivity index (χ0) is 66.5. The molecule has 3 aliphatic heterocycles. The van der Waals surface area contributed by atoms with Crippen molar-refractivity contribution in [3.63, 3.8) is 0 Å². The van der Waals surface area contributed by atoms with E-state index in [2.05, 4.69) is 77.5 Å². The van der Waals surface area contributed by atoms with Gasteiger partial charge in [0, 0.05) is 76.3 Å². The Morgan fingerprint density at radius 2 is 1.03 bits per heavy atom. The van der Waals surface area contributed by atoms with Crippen LogP contribution < -0.4 is 26.7 Å². The van der Waals surface area contributed by atoms with Gasteiger partial charge in [-0.05, 0) is 148 Å². The van der Waals surface area contributed by atoms with E-state index in [1.807, 2.05) is 64.1 Å². The van der Waals surface area contributed by atoms with Gasteiger partial charge in [-0.25, -0.2) is 54.3 Å². The number of anilines is 6. The van der Waals surface area contributed by atoms with E-state index in [0.29, 0.717) is 51.6 Å². The number of nitrogens with one attached hydrogen (secondary N) is 6. The van der Waals surface area contributed by atoms with Crippen molar-refractivity contribution in [3.05, 3.63) is 186 Å². The van der Waals surface area contributed by atoms with Gasteiger partial charge in [0.1, 0.15) is 48.3 Å². The Hall–Kier alpha value is -9.04. The van der Waals surface area contributed by atoms with Crippen molar-refractivity contribution in [1.29, 1.82) is 0 Å². The first-order chi connectivity index (χ1) is 44.8. The molecule has 3 fully saturated rings. The Morgan fingerprint density at radius 3 is 1.49 bits per heavy atom. The summed E-state index contributed by atoms with van der Waals surface area (Å²) >= 11 is 3.42. The predicted octanol–water partition coefficient (Wildman–Crippen LogP) is 10.7. The average molecular weight is 1390 g/mol. The molecule has 0 radical (unpaired) electrons. The Bertz CT molecular complexity index is 4640. The third-order valence-electron chi connectivity index (χ3n) is 16.0. The molecule has 22 nitrogen and oxygen atoms in total. The molecule has 3 aliphatic rings. The molecule has 0 bridgehead atoms. The number of carbonyl (C=O) groups excluding carboxylic acids is 2. The van der Waals surface area contributed by atoms with Crippen molar-refractivity contribution in [2.24, 2.45) is 0 Å². The summed E-state index contributed by atoms with van der Waals surface area (Å²) in [4.78, 5) is 42.0. The quantitative estimate of drug-likeness (QED) is 0.0387. The van der Waals surface area contributed by atoms with Gasteiger partial charge in [0.15, 0.2) is 11.6 Å². The summed E-state index contributed by atoms with van der Waals surface area (Å²) in [5.74, 6) is 0.633. The summed E-state index contributed by atoms with van der Waals surface area (Å²) in [6.07, 6.45) is 1.22. The van der Waals surface area contributed by atoms with Gasteiger partial charge in [-0.3, -0.25) is 19.8 Å². The molecule has 0 aliphatic carbocycles. The number of aromatic nitrogens is 8. The fourth-order valence-corrected chi connectivity index (χ4v) is 13.6. The molecule has 0 spiro atoms. The lowest BCUT2D eigenvalue weighted by Crippen LogP contribution is -2.41. The van der Waals surface area contributed by atoms with Crippen LogP contribution in [-0.4, -0.2) is 134 Å². The number of benzene rings is 6. The molecule has 6 N–H and O–H groups in total. The third kappa shape index (κ3) is 15.8. The SMILES string of the molecule is CC1(C)OB(c2ccc(S(=O)(=O)N3CC[C@H](F)C3)cc2)OC1(C)C.O=C(Cc1cc(Nc2ncnc3cc(-c4ccc(S(=O)(=O)N5CC[C@H](F)C5)cc4)ccc23)n[nH]1)Nc1cccc(F)c1.O=C(Cc1cc(Nc2ncnc3cc(Br)ccc23)n[nH]1)Nc1cccc(F)c1. The van der Waals surface area contributed by atoms with Crippen LogP contribution in [0.5, 0.6) is 0 Å². The molecule has 10 aromatic rings. The van der Waals surface area contributed by atoms with Gasteiger partial charge in [-0.15, -0.1) is 0 Å². The highest BCUT2D eigenvalue weighted by Crippen LogP contribution is 2.37. The summed E-state index contributed by atoms with van der Waals surface area (Å²) in [5.41, 5.74) is 4.85. The lowest BCUT2D eigenvalue weighted by atomic mass is 9.79. The van der Waals surface area contributed by atoms with E-state index in [0.717, 1.165) is 37.4 Å². The monoisotopic (exact) mass is 1380 g/mol. The Kier molecular flexibility index (Phi) is 19.7. The molecule has 6 aromatic carbocycles. The number of nitrogens with zero attached hydrogens (tertiary/aromatic N) is 8.